The van der Waals surface area contributed by atoms with Crippen LogP contribution in [0.15, 0.2) is 97.1 Å². The first-order valence-corrected chi connectivity index (χ1v) is 22.6. The van der Waals surface area contributed by atoms with Crippen LogP contribution in [0.3, 0.4) is 0 Å². The van der Waals surface area contributed by atoms with Crippen molar-refractivity contribution in [2.45, 2.75) is 105 Å². The molecule has 0 aliphatic heterocycles. The van der Waals surface area contributed by atoms with Gasteiger partial charge in [0.1, 0.15) is 23.0 Å². The molecule has 0 N–H and O–H groups in total. The highest BCUT2D eigenvalue weighted by Crippen LogP contribution is 2.47. The Hall–Kier alpha value is -3.22. The van der Waals surface area contributed by atoms with E-state index < -0.39 is 17.2 Å². The molecule has 0 heterocycles. The van der Waals surface area contributed by atoms with E-state index in [1.54, 1.807) is 0 Å². The van der Waals surface area contributed by atoms with E-state index in [0.29, 0.717) is 63.3 Å². The van der Waals surface area contributed by atoms with Gasteiger partial charge in [-0.2, -0.15) is 0 Å². The first-order chi connectivity index (χ1) is 27.3. The predicted octanol–water partition coefficient (Wildman–Crippen LogP) is 13.9. The number of hydrogen-bond donors (Lipinski definition) is 0. The van der Waals surface area contributed by atoms with Crippen LogP contribution in [0.25, 0.3) is 0 Å². The molecule has 4 rings (SSSR count). The molecular weight excluding hydrogens is 742 g/mol. The van der Waals surface area contributed by atoms with Crippen molar-refractivity contribution >= 4 is 17.2 Å². The van der Waals surface area contributed by atoms with Crippen LogP contribution < -0.4 is 18.1 Å². The second-order valence-electron chi connectivity index (χ2n) is 14.1. The Bertz CT molecular complexity index is 1450. The second kappa shape index (κ2) is 25.2. The molecule has 0 fully saturated rings. The molecule has 0 radical (unpaired) electrons. The zero-order chi connectivity index (χ0) is 40.1. The third-order valence-electron chi connectivity index (χ3n) is 10.2. The Kier molecular flexibility index (Phi) is 20.5. The minimum atomic E-state index is -1.75. The lowest BCUT2D eigenvalue weighted by molar-refractivity contribution is 0.0258. The summed E-state index contributed by atoms with van der Waals surface area (Å²) in [6, 6.07) is 32.5. The van der Waals surface area contributed by atoms with Crippen LogP contribution in [0.4, 0.5) is 0 Å². The average Bonchev–Trinajstić information content (AvgIpc) is 3.23. The lowest BCUT2D eigenvalue weighted by Gasteiger charge is -2.23. The summed E-state index contributed by atoms with van der Waals surface area (Å²) >= 11 is 0. The number of rotatable bonds is 27. The minimum absolute atomic E-state index is 0.307. The van der Waals surface area contributed by atoms with Gasteiger partial charge >= 0.3 is 17.2 Å². The zero-order valence-corrected chi connectivity index (χ0v) is 36.6. The summed E-state index contributed by atoms with van der Waals surface area (Å²) in [6.45, 7) is 19.7. The van der Waals surface area contributed by atoms with Crippen molar-refractivity contribution in [3.63, 3.8) is 0 Å². The molecule has 8 nitrogen and oxygen atoms in total. The van der Waals surface area contributed by atoms with Gasteiger partial charge < -0.3 is 27.6 Å². The molecule has 0 aliphatic rings. The van der Waals surface area contributed by atoms with Crippen molar-refractivity contribution in [1.82, 2.24) is 0 Å². The maximum Gasteiger partial charge on any atom is 0.463 e. The SMILES string of the molecule is CCC(C)c1ccccc1OP(OCCOCCOCCOP(Oc1ccccc1C(C)CC)Oc1ccccc1C(C)CC)Oc1ccccc1C(C)CC. The molecule has 4 aromatic carbocycles. The van der Waals surface area contributed by atoms with E-state index in [1.807, 2.05) is 72.8 Å². The monoisotopic (exact) mass is 806 g/mol. The van der Waals surface area contributed by atoms with Crippen molar-refractivity contribution in [3.8, 4) is 23.0 Å². The average molecular weight is 807 g/mol. The van der Waals surface area contributed by atoms with Crippen LogP contribution in [0.2, 0.25) is 0 Å². The molecule has 0 amide bonds. The molecule has 4 atom stereocenters. The van der Waals surface area contributed by atoms with E-state index in [-0.39, 0.29) is 0 Å². The zero-order valence-electron chi connectivity index (χ0n) is 34.8. The van der Waals surface area contributed by atoms with Crippen LogP contribution in [0, 0.1) is 0 Å². The van der Waals surface area contributed by atoms with Gasteiger partial charge in [0.2, 0.25) is 0 Å². The minimum Gasteiger partial charge on any atom is -0.417 e. The van der Waals surface area contributed by atoms with Crippen molar-refractivity contribution in [2.24, 2.45) is 0 Å². The van der Waals surface area contributed by atoms with Crippen LogP contribution in [0.1, 0.15) is 127 Å². The van der Waals surface area contributed by atoms with Gasteiger partial charge in [-0.1, -0.05) is 128 Å². The second-order valence-corrected chi connectivity index (χ2v) is 16.2. The Balaban J connectivity index is 1.28. The lowest BCUT2D eigenvalue weighted by Crippen LogP contribution is -2.13. The van der Waals surface area contributed by atoms with Crippen LogP contribution >= 0.6 is 17.2 Å². The molecule has 56 heavy (non-hydrogen) atoms. The summed E-state index contributed by atoms with van der Waals surface area (Å²) in [4.78, 5) is 0. The topological polar surface area (TPSA) is 73.8 Å². The van der Waals surface area contributed by atoms with E-state index in [0.717, 1.165) is 70.9 Å². The number of para-hydroxylation sites is 4. The van der Waals surface area contributed by atoms with Gasteiger partial charge in [-0.3, -0.25) is 9.05 Å². The van der Waals surface area contributed by atoms with Crippen LogP contribution in [-0.2, 0) is 18.5 Å². The fraction of sp³-hybridized carbons (Fsp3) is 0.478. The van der Waals surface area contributed by atoms with E-state index in [1.165, 1.54) is 0 Å². The highest BCUT2D eigenvalue weighted by molar-refractivity contribution is 7.42. The maximum atomic E-state index is 6.46. The van der Waals surface area contributed by atoms with Gasteiger partial charge in [0.15, 0.2) is 0 Å². The van der Waals surface area contributed by atoms with E-state index in [2.05, 4.69) is 79.7 Å². The Morgan fingerprint density at radius 1 is 0.357 bits per heavy atom. The number of ether oxygens (including phenoxy) is 2. The smallest absolute Gasteiger partial charge is 0.417 e. The van der Waals surface area contributed by atoms with Crippen LogP contribution in [0.5, 0.6) is 23.0 Å². The summed E-state index contributed by atoms with van der Waals surface area (Å²) < 4.78 is 50.1. The Labute approximate surface area is 339 Å². The Morgan fingerprint density at radius 3 is 0.839 bits per heavy atom. The normalized spacial score (nSPS) is 14.6. The third-order valence-corrected chi connectivity index (χ3v) is 12.3. The van der Waals surface area contributed by atoms with Gasteiger partial charge in [-0.25, -0.2) is 0 Å². The van der Waals surface area contributed by atoms with Crippen molar-refractivity contribution in [2.75, 3.05) is 39.6 Å². The highest BCUT2D eigenvalue weighted by Gasteiger charge is 2.24. The predicted molar refractivity (Wildman–Crippen MR) is 230 cm³/mol. The molecule has 0 saturated carbocycles. The molecule has 0 saturated heterocycles. The van der Waals surface area contributed by atoms with E-state index in [9.17, 15) is 0 Å². The first-order valence-electron chi connectivity index (χ1n) is 20.4. The molecule has 4 aromatic rings. The van der Waals surface area contributed by atoms with E-state index in [4.69, 9.17) is 36.6 Å². The summed E-state index contributed by atoms with van der Waals surface area (Å²) in [5.41, 5.74) is 4.55. The van der Waals surface area contributed by atoms with Crippen LogP contribution in [-0.4, -0.2) is 39.6 Å². The van der Waals surface area contributed by atoms with Gasteiger partial charge in [0, 0.05) is 0 Å². The summed E-state index contributed by atoms with van der Waals surface area (Å²) in [7, 11) is -3.49. The molecule has 0 aliphatic carbocycles. The van der Waals surface area contributed by atoms with Gasteiger partial charge in [-0.05, 0) is 95.9 Å². The quantitative estimate of drug-likeness (QED) is 0.0436. The molecular formula is C46H64O8P2. The summed E-state index contributed by atoms with van der Waals surface area (Å²) in [5, 5.41) is 0. The Morgan fingerprint density at radius 2 is 0.589 bits per heavy atom. The highest BCUT2D eigenvalue weighted by atomic mass is 31.2. The lowest BCUT2D eigenvalue weighted by atomic mass is 9.98. The number of benzene rings is 4. The molecule has 0 aromatic heterocycles. The first kappa shape index (κ1) is 45.5. The van der Waals surface area contributed by atoms with Crippen molar-refractivity contribution in [1.29, 1.82) is 0 Å². The third kappa shape index (κ3) is 14.3. The fourth-order valence-corrected chi connectivity index (χ4v) is 7.93. The number of hydrogen-bond acceptors (Lipinski definition) is 8. The molecule has 0 bridgehead atoms. The maximum absolute atomic E-state index is 6.46. The molecule has 4 unspecified atom stereocenters. The standard InChI is InChI=1S/C46H64O8P2/c1-9-35(5)39-21-13-17-25-43(39)51-55(52-44-26-18-14-22-40(44)36(6)10-2)49-33-31-47-29-30-48-32-34-50-56(53-45-27-19-15-23-41(45)37(7)11-3)54-46-28-20-16-24-42(46)38(8)12-4/h13-28,35-38H,9-12,29-34H2,1-8H3. The molecule has 306 valence electrons. The van der Waals surface area contributed by atoms with Crippen molar-refractivity contribution < 1.29 is 36.6 Å². The van der Waals surface area contributed by atoms with Crippen molar-refractivity contribution in [3.05, 3.63) is 119 Å². The largest absolute Gasteiger partial charge is 0.463 e. The van der Waals surface area contributed by atoms with Gasteiger partial charge in [-0.15, -0.1) is 0 Å². The summed E-state index contributed by atoms with van der Waals surface area (Å²) in [6.07, 6.45) is 4.01. The van der Waals surface area contributed by atoms with Gasteiger partial charge in [0.25, 0.3) is 0 Å². The fourth-order valence-electron chi connectivity index (χ4n) is 5.89. The van der Waals surface area contributed by atoms with Gasteiger partial charge in [0.05, 0.1) is 39.6 Å². The molecule has 10 heteroatoms. The molecule has 0 spiro atoms. The summed E-state index contributed by atoms with van der Waals surface area (Å²) in [5.74, 6) is 4.49. The van der Waals surface area contributed by atoms with E-state index >= 15 is 0 Å².